The number of thiophene rings is 1. The van der Waals surface area contributed by atoms with E-state index in [1.54, 1.807) is 11.3 Å². The van der Waals surface area contributed by atoms with E-state index < -0.39 is 0 Å². The molecule has 0 bridgehead atoms. The molecule has 7 heteroatoms. The molecule has 0 fully saturated rings. The van der Waals surface area contributed by atoms with Gasteiger partial charge in [-0.2, -0.15) is 0 Å². The van der Waals surface area contributed by atoms with Crippen LogP contribution in [0.15, 0.2) is 30.3 Å². The molecular weight excluding hydrogens is 333 g/mol. The Kier molecular flexibility index (Phi) is 4.26. The second kappa shape index (κ2) is 5.97. The van der Waals surface area contributed by atoms with Crippen LogP contribution >= 0.6 is 45.9 Å². The van der Waals surface area contributed by atoms with E-state index in [-0.39, 0.29) is 6.04 Å². The topological polar surface area (TPSA) is 50.9 Å². The molecule has 0 radical (unpaired) electrons. The Morgan fingerprint density at radius 3 is 2.70 bits per heavy atom. The first kappa shape index (κ1) is 14.3. The summed E-state index contributed by atoms with van der Waals surface area (Å²) >= 11 is 15.2. The van der Waals surface area contributed by atoms with Gasteiger partial charge in [-0.3, -0.25) is 11.3 Å². The van der Waals surface area contributed by atoms with Gasteiger partial charge < -0.3 is 0 Å². The van der Waals surface area contributed by atoms with Gasteiger partial charge in [0.05, 0.1) is 29.9 Å². The summed E-state index contributed by atoms with van der Waals surface area (Å²) in [7, 11) is 0. The van der Waals surface area contributed by atoms with Crippen molar-refractivity contribution in [3.05, 3.63) is 49.6 Å². The molecule has 3 nitrogen and oxygen atoms in total. The first-order chi connectivity index (χ1) is 9.67. The Labute approximate surface area is 134 Å². The van der Waals surface area contributed by atoms with Crippen LogP contribution in [0.2, 0.25) is 8.67 Å². The van der Waals surface area contributed by atoms with E-state index in [0.717, 1.165) is 16.1 Å². The van der Waals surface area contributed by atoms with E-state index in [1.807, 2.05) is 24.3 Å². The number of benzene rings is 1. The second-order valence-electron chi connectivity index (χ2n) is 4.28. The van der Waals surface area contributed by atoms with E-state index in [0.29, 0.717) is 15.1 Å². The lowest BCUT2D eigenvalue weighted by Crippen LogP contribution is -2.29. The monoisotopic (exact) mass is 343 g/mol. The van der Waals surface area contributed by atoms with Gasteiger partial charge in [-0.1, -0.05) is 35.3 Å². The molecule has 2 heterocycles. The average Bonchev–Trinajstić information content (AvgIpc) is 2.98. The van der Waals surface area contributed by atoms with Crippen LogP contribution in [0.5, 0.6) is 0 Å². The fourth-order valence-electron chi connectivity index (χ4n) is 2.03. The molecule has 1 unspecified atom stereocenters. The fraction of sp³-hybridized carbons (Fsp3) is 0.154. The molecule has 0 spiro atoms. The summed E-state index contributed by atoms with van der Waals surface area (Å²) in [6, 6.07) is 9.84. The third-order valence-electron chi connectivity index (χ3n) is 2.98. The molecule has 2 aromatic heterocycles. The highest BCUT2D eigenvalue weighted by Crippen LogP contribution is 2.36. The molecular formula is C13H11Cl2N3S2. The Morgan fingerprint density at radius 1 is 1.25 bits per heavy atom. The molecule has 3 rings (SSSR count). The summed E-state index contributed by atoms with van der Waals surface area (Å²) < 4.78 is 2.50. The fourth-order valence-corrected chi connectivity index (χ4v) is 4.62. The molecule has 0 amide bonds. The molecule has 0 saturated heterocycles. The lowest BCUT2D eigenvalue weighted by molar-refractivity contribution is 0.553. The third kappa shape index (κ3) is 2.83. The molecule has 0 saturated carbocycles. The van der Waals surface area contributed by atoms with Crippen molar-refractivity contribution < 1.29 is 0 Å². The molecule has 104 valence electrons. The maximum atomic E-state index is 6.19. The number of fused-ring (bicyclic) bond motifs is 1. The Morgan fingerprint density at radius 2 is 2.05 bits per heavy atom. The molecule has 0 aliphatic rings. The standard InChI is InChI=1S/C13H11Cl2N3S2/c14-11-5-7(13(15)20-11)9(18-16)6-12-17-8-3-1-2-4-10(8)19-12/h1-5,9,18H,6,16H2. The SMILES string of the molecule is NNC(Cc1nc2ccccc2s1)c1cc(Cl)sc1Cl. The summed E-state index contributed by atoms with van der Waals surface area (Å²) in [5.74, 6) is 5.65. The predicted octanol–water partition coefficient (Wildman–Crippen LogP) is 4.41. The van der Waals surface area contributed by atoms with Crippen molar-refractivity contribution in [1.29, 1.82) is 0 Å². The van der Waals surface area contributed by atoms with Crippen LogP contribution in [0.4, 0.5) is 0 Å². The normalized spacial score (nSPS) is 12.9. The minimum absolute atomic E-state index is 0.0909. The Bertz CT molecular complexity index is 705. The lowest BCUT2D eigenvalue weighted by Gasteiger charge is -2.13. The predicted molar refractivity (Wildman–Crippen MR) is 87.7 cm³/mol. The van der Waals surface area contributed by atoms with Crippen LogP contribution < -0.4 is 11.3 Å². The van der Waals surface area contributed by atoms with E-state index in [9.17, 15) is 0 Å². The number of nitrogens with one attached hydrogen (secondary N) is 1. The zero-order valence-corrected chi connectivity index (χ0v) is 13.4. The number of hydrogen-bond donors (Lipinski definition) is 2. The summed E-state index contributed by atoms with van der Waals surface area (Å²) in [6.07, 6.45) is 0.683. The van der Waals surface area contributed by atoms with E-state index in [4.69, 9.17) is 29.0 Å². The summed E-state index contributed by atoms with van der Waals surface area (Å²) in [4.78, 5) is 4.61. The Balaban J connectivity index is 1.89. The maximum absolute atomic E-state index is 6.19. The Hall–Kier alpha value is -0.690. The van der Waals surface area contributed by atoms with Crippen LogP contribution in [0.1, 0.15) is 16.6 Å². The number of halogens is 2. The molecule has 1 aromatic carbocycles. The first-order valence-electron chi connectivity index (χ1n) is 5.92. The smallest absolute Gasteiger partial charge is 0.0992 e. The van der Waals surface area contributed by atoms with Crippen molar-refractivity contribution in [2.24, 2.45) is 5.84 Å². The van der Waals surface area contributed by atoms with Crippen LogP contribution in [0.25, 0.3) is 10.2 Å². The van der Waals surface area contributed by atoms with Gasteiger partial charge in [-0.25, -0.2) is 4.98 Å². The summed E-state index contributed by atoms with van der Waals surface area (Å²) in [5, 5.41) is 1.02. The van der Waals surface area contributed by atoms with E-state index >= 15 is 0 Å². The zero-order valence-electron chi connectivity index (χ0n) is 10.3. The highest BCUT2D eigenvalue weighted by Gasteiger charge is 2.18. The van der Waals surface area contributed by atoms with Crippen molar-refractivity contribution in [3.63, 3.8) is 0 Å². The number of hydrazine groups is 1. The quantitative estimate of drug-likeness (QED) is 0.544. The van der Waals surface area contributed by atoms with Crippen LogP contribution in [0, 0.1) is 0 Å². The average molecular weight is 344 g/mol. The molecule has 20 heavy (non-hydrogen) atoms. The molecule has 1 atom stereocenters. The largest absolute Gasteiger partial charge is 0.271 e. The molecule has 0 aliphatic carbocycles. The van der Waals surface area contributed by atoms with Crippen molar-refractivity contribution >= 4 is 56.1 Å². The van der Waals surface area contributed by atoms with Gasteiger partial charge in [0.1, 0.15) is 0 Å². The van der Waals surface area contributed by atoms with Crippen molar-refractivity contribution in [1.82, 2.24) is 10.4 Å². The lowest BCUT2D eigenvalue weighted by atomic mass is 10.1. The van der Waals surface area contributed by atoms with Gasteiger partial charge in [0.25, 0.3) is 0 Å². The first-order valence-corrected chi connectivity index (χ1v) is 8.31. The summed E-state index contributed by atoms with van der Waals surface area (Å²) in [5.41, 5.74) is 4.73. The van der Waals surface area contributed by atoms with Gasteiger partial charge >= 0.3 is 0 Å². The summed E-state index contributed by atoms with van der Waals surface area (Å²) in [6.45, 7) is 0. The number of nitrogens with zero attached hydrogens (tertiary/aromatic N) is 1. The van der Waals surface area contributed by atoms with Gasteiger partial charge in [0.15, 0.2) is 0 Å². The van der Waals surface area contributed by atoms with Crippen LogP contribution in [0.3, 0.4) is 0 Å². The third-order valence-corrected chi connectivity index (χ3v) is 5.55. The highest BCUT2D eigenvalue weighted by molar-refractivity contribution is 7.20. The molecule has 3 N–H and O–H groups in total. The minimum Gasteiger partial charge on any atom is -0.271 e. The van der Waals surface area contributed by atoms with Crippen LogP contribution in [-0.4, -0.2) is 4.98 Å². The van der Waals surface area contributed by atoms with Crippen molar-refractivity contribution in [2.45, 2.75) is 12.5 Å². The minimum atomic E-state index is -0.0909. The van der Waals surface area contributed by atoms with E-state index in [1.165, 1.54) is 16.0 Å². The number of aromatic nitrogens is 1. The van der Waals surface area contributed by atoms with Crippen molar-refractivity contribution in [3.8, 4) is 0 Å². The number of rotatable bonds is 4. The van der Waals surface area contributed by atoms with Crippen LogP contribution in [-0.2, 0) is 6.42 Å². The molecule has 3 aromatic rings. The van der Waals surface area contributed by atoms with Crippen molar-refractivity contribution in [2.75, 3.05) is 0 Å². The second-order valence-corrected chi connectivity index (χ2v) is 7.68. The van der Waals surface area contributed by atoms with E-state index in [2.05, 4.69) is 16.5 Å². The van der Waals surface area contributed by atoms with Gasteiger partial charge in [0.2, 0.25) is 0 Å². The number of nitrogens with two attached hydrogens (primary N) is 1. The van der Waals surface area contributed by atoms with Gasteiger partial charge in [-0.05, 0) is 18.2 Å². The highest BCUT2D eigenvalue weighted by atomic mass is 35.5. The maximum Gasteiger partial charge on any atom is 0.0992 e. The number of para-hydroxylation sites is 1. The number of thiazole rings is 1. The van der Waals surface area contributed by atoms with Gasteiger partial charge in [-0.15, -0.1) is 22.7 Å². The molecule has 0 aliphatic heterocycles. The van der Waals surface area contributed by atoms with Gasteiger partial charge in [0, 0.05) is 12.0 Å². The number of hydrogen-bond acceptors (Lipinski definition) is 5. The zero-order chi connectivity index (χ0) is 14.1.